The molecule has 0 aromatic rings. The zero-order valence-electron chi connectivity index (χ0n) is 8.89. The van der Waals surface area contributed by atoms with E-state index in [1.807, 2.05) is 0 Å². The van der Waals surface area contributed by atoms with Crippen molar-refractivity contribution in [1.82, 2.24) is 0 Å². The first-order valence-corrected chi connectivity index (χ1v) is 6.07. The van der Waals surface area contributed by atoms with E-state index in [1.165, 1.54) is 0 Å². The number of carbonyl (C=O) groups excluding carboxylic acids is 1. The van der Waals surface area contributed by atoms with Crippen LogP contribution in [0, 0.1) is 0 Å². The highest BCUT2D eigenvalue weighted by atomic mass is 79.9. The minimum Gasteiger partial charge on any atom is -0.480 e. The van der Waals surface area contributed by atoms with Gasteiger partial charge in [-0.2, -0.15) is 0 Å². The number of hydrogen-bond acceptors (Lipinski definition) is 5. The number of nitrogens with two attached hydrogens (primary N) is 2. The van der Waals surface area contributed by atoms with Crippen molar-refractivity contribution < 1.29 is 19.4 Å². The second-order valence-corrected chi connectivity index (χ2v) is 4.13. The molecule has 0 amide bonds. The molecular weight excluding hydrogens is 280 g/mol. The Morgan fingerprint density at radius 3 is 2.31 bits per heavy atom. The predicted molar refractivity (Wildman–Crippen MR) is 62.2 cm³/mol. The van der Waals surface area contributed by atoms with Gasteiger partial charge in [-0.05, 0) is 19.3 Å². The summed E-state index contributed by atoms with van der Waals surface area (Å²) >= 11 is 3.11. The maximum absolute atomic E-state index is 11.2. The van der Waals surface area contributed by atoms with Crippen molar-refractivity contribution in [2.45, 2.75) is 31.3 Å². The van der Waals surface area contributed by atoms with Gasteiger partial charge >= 0.3 is 11.9 Å². The van der Waals surface area contributed by atoms with E-state index < -0.39 is 24.0 Å². The van der Waals surface area contributed by atoms with Crippen LogP contribution in [0.5, 0.6) is 0 Å². The van der Waals surface area contributed by atoms with Crippen LogP contribution in [0.3, 0.4) is 0 Å². The van der Waals surface area contributed by atoms with E-state index in [1.54, 1.807) is 0 Å². The Hall–Kier alpha value is -0.660. The minimum absolute atomic E-state index is 0.279. The molecular formula is C9H17BrN2O4. The molecule has 94 valence electrons. The van der Waals surface area contributed by atoms with E-state index in [2.05, 4.69) is 15.9 Å². The second-order valence-electron chi connectivity index (χ2n) is 3.34. The Kier molecular flexibility index (Phi) is 8.14. The van der Waals surface area contributed by atoms with Gasteiger partial charge in [-0.15, -0.1) is 0 Å². The number of carboxylic acids is 1. The van der Waals surface area contributed by atoms with Crippen LogP contribution in [-0.2, 0) is 14.3 Å². The summed E-state index contributed by atoms with van der Waals surface area (Å²) in [6.45, 7) is 0.279. The topological polar surface area (TPSA) is 116 Å². The Labute approximate surface area is 102 Å². The second kappa shape index (κ2) is 8.49. The first-order valence-electron chi connectivity index (χ1n) is 4.95. The number of esters is 1. The van der Waals surface area contributed by atoms with Gasteiger partial charge in [0.2, 0.25) is 0 Å². The lowest BCUT2D eigenvalue weighted by molar-refractivity contribution is -0.144. The van der Waals surface area contributed by atoms with E-state index in [0.29, 0.717) is 24.6 Å². The van der Waals surface area contributed by atoms with Gasteiger partial charge in [0.05, 0.1) is 0 Å². The van der Waals surface area contributed by atoms with Crippen LogP contribution in [0.1, 0.15) is 19.3 Å². The van der Waals surface area contributed by atoms with Crippen molar-refractivity contribution in [3.8, 4) is 0 Å². The molecule has 1 unspecified atom stereocenters. The van der Waals surface area contributed by atoms with Gasteiger partial charge < -0.3 is 21.3 Å². The van der Waals surface area contributed by atoms with E-state index in [9.17, 15) is 9.59 Å². The van der Waals surface area contributed by atoms with E-state index in [-0.39, 0.29) is 6.61 Å². The summed E-state index contributed by atoms with van der Waals surface area (Å²) in [4.78, 5) is 21.6. The normalized spacial score (nSPS) is 14.2. The third-order valence-corrected chi connectivity index (χ3v) is 2.30. The summed E-state index contributed by atoms with van der Waals surface area (Å²) in [6.07, 6.45) is 1.16. The van der Waals surface area contributed by atoms with Crippen molar-refractivity contribution in [2.75, 3.05) is 11.9 Å². The van der Waals surface area contributed by atoms with E-state index in [0.717, 1.165) is 0 Å². The molecule has 0 saturated heterocycles. The number of carboxylic acid groups (broad SMARTS) is 1. The summed E-state index contributed by atoms with van der Waals surface area (Å²) < 4.78 is 4.80. The quantitative estimate of drug-likeness (QED) is 0.423. The summed E-state index contributed by atoms with van der Waals surface area (Å²) in [5.74, 6) is -1.52. The van der Waals surface area contributed by atoms with Crippen LogP contribution in [0.2, 0.25) is 0 Å². The number of hydrogen-bond donors (Lipinski definition) is 3. The molecule has 0 aliphatic heterocycles. The molecule has 0 fully saturated rings. The molecule has 16 heavy (non-hydrogen) atoms. The third-order valence-electron chi connectivity index (χ3n) is 1.97. The van der Waals surface area contributed by atoms with Crippen molar-refractivity contribution in [3.63, 3.8) is 0 Å². The fourth-order valence-electron chi connectivity index (χ4n) is 1.05. The Morgan fingerprint density at radius 1 is 1.25 bits per heavy atom. The fraction of sp³-hybridized carbons (Fsp3) is 0.778. The molecule has 0 bridgehead atoms. The largest absolute Gasteiger partial charge is 0.480 e. The van der Waals surface area contributed by atoms with Crippen molar-refractivity contribution >= 4 is 27.9 Å². The average Bonchev–Trinajstić information content (AvgIpc) is 2.25. The van der Waals surface area contributed by atoms with Crippen molar-refractivity contribution in [1.29, 1.82) is 0 Å². The Morgan fingerprint density at radius 2 is 1.81 bits per heavy atom. The van der Waals surface area contributed by atoms with Gasteiger partial charge in [0.25, 0.3) is 0 Å². The smallest absolute Gasteiger partial charge is 0.322 e. The molecule has 0 aliphatic carbocycles. The van der Waals surface area contributed by atoms with Gasteiger partial charge in [0.1, 0.15) is 18.7 Å². The summed E-state index contributed by atoms with van der Waals surface area (Å²) in [7, 11) is 0. The number of carbonyl (C=O) groups is 2. The van der Waals surface area contributed by atoms with Crippen LogP contribution in [0.25, 0.3) is 0 Å². The van der Waals surface area contributed by atoms with Crippen LogP contribution in [-0.4, -0.2) is 41.1 Å². The first kappa shape index (κ1) is 15.3. The molecule has 0 saturated carbocycles. The zero-order chi connectivity index (χ0) is 12.6. The fourth-order valence-corrected chi connectivity index (χ4v) is 1.21. The monoisotopic (exact) mass is 296 g/mol. The zero-order valence-corrected chi connectivity index (χ0v) is 10.5. The molecule has 0 spiro atoms. The Balaban J connectivity index is 3.68. The maximum Gasteiger partial charge on any atom is 0.322 e. The molecule has 6 nitrogen and oxygen atoms in total. The molecule has 0 aliphatic rings. The van der Waals surface area contributed by atoms with E-state index in [4.69, 9.17) is 21.3 Å². The van der Waals surface area contributed by atoms with Crippen LogP contribution in [0.4, 0.5) is 0 Å². The van der Waals surface area contributed by atoms with Crippen LogP contribution >= 0.6 is 15.9 Å². The average molecular weight is 297 g/mol. The third kappa shape index (κ3) is 6.76. The lowest BCUT2D eigenvalue weighted by Gasteiger charge is -2.11. The minimum atomic E-state index is -1.05. The van der Waals surface area contributed by atoms with Crippen LogP contribution < -0.4 is 11.5 Å². The van der Waals surface area contributed by atoms with E-state index >= 15 is 0 Å². The number of aliphatic carboxylic acids is 1. The summed E-state index contributed by atoms with van der Waals surface area (Å²) in [6, 6.07) is -1.61. The first-order chi connectivity index (χ1) is 7.49. The lowest BCUT2D eigenvalue weighted by Crippen LogP contribution is -2.34. The summed E-state index contributed by atoms with van der Waals surface area (Å²) in [5.41, 5.74) is 10.8. The summed E-state index contributed by atoms with van der Waals surface area (Å²) in [5, 5.41) is 9.08. The standard InChI is InChI=1S/C9H17BrN2O4/c10-4-5-16-9(15)7(12)3-1-2-6(11)8(13)14/h6-7H,1-5,11-12H2,(H,13,14)/t6-,7?/m0/s1. The van der Waals surface area contributed by atoms with Gasteiger partial charge in [-0.1, -0.05) is 15.9 Å². The van der Waals surface area contributed by atoms with Gasteiger partial charge in [-0.25, -0.2) is 0 Å². The SMILES string of the molecule is NC(CCC[C@H](N)C(=O)O)C(=O)OCCBr. The molecule has 0 rings (SSSR count). The highest BCUT2D eigenvalue weighted by molar-refractivity contribution is 9.09. The Bertz CT molecular complexity index is 238. The van der Waals surface area contributed by atoms with Crippen molar-refractivity contribution in [2.24, 2.45) is 11.5 Å². The lowest BCUT2D eigenvalue weighted by atomic mass is 10.1. The van der Waals surface area contributed by atoms with Crippen molar-refractivity contribution in [3.05, 3.63) is 0 Å². The number of ether oxygens (including phenoxy) is 1. The number of halogens is 1. The van der Waals surface area contributed by atoms with Crippen LogP contribution in [0.15, 0.2) is 0 Å². The predicted octanol–water partition coefficient (Wildman–Crippen LogP) is -0.166. The van der Waals surface area contributed by atoms with Gasteiger partial charge in [0.15, 0.2) is 0 Å². The molecule has 0 aromatic heterocycles. The highest BCUT2D eigenvalue weighted by Gasteiger charge is 2.16. The molecule has 0 aromatic carbocycles. The van der Waals surface area contributed by atoms with Gasteiger partial charge in [0, 0.05) is 5.33 Å². The molecule has 0 heterocycles. The molecule has 7 heteroatoms. The van der Waals surface area contributed by atoms with Gasteiger partial charge in [-0.3, -0.25) is 9.59 Å². The number of rotatable bonds is 8. The number of alkyl halides is 1. The molecule has 0 radical (unpaired) electrons. The molecule has 5 N–H and O–H groups in total. The molecule has 2 atom stereocenters. The highest BCUT2D eigenvalue weighted by Crippen LogP contribution is 2.03. The maximum atomic E-state index is 11.2.